The van der Waals surface area contributed by atoms with Gasteiger partial charge in [0.15, 0.2) is 0 Å². The molecule has 130 valence electrons. The molecule has 0 N–H and O–H groups in total. The second kappa shape index (κ2) is 7.42. The van der Waals surface area contributed by atoms with Gasteiger partial charge in [0.1, 0.15) is 6.61 Å². The minimum atomic E-state index is -0.0664. The van der Waals surface area contributed by atoms with Crippen LogP contribution in [0.15, 0.2) is 17.8 Å². The van der Waals surface area contributed by atoms with Crippen LogP contribution < -0.4 is 0 Å². The highest BCUT2D eigenvalue weighted by molar-refractivity contribution is 7.09. The van der Waals surface area contributed by atoms with Crippen molar-refractivity contribution in [2.45, 2.75) is 32.7 Å². The SMILES string of the molecule is Cc1ncsc1CN1Cc2ccnn2C[C@H](OCC(=O)N(C)C)C1. The molecule has 0 bridgehead atoms. The van der Waals surface area contributed by atoms with Crippen molar-refractivity contribution in [1.82, 2.24) is 24.6 Å². The van der Waals surface area contributed by atoms with Crippen LogP contribution in [0.5, 0.6) is 0 Å². The fourth-order valence-corrected chi connectivity index (χ4v) is 3.53. The third-order valence-electron chi connectivity index (χ3n) is 4.18. The molecule has 0 aromatic carbocycles. The zero-order chi connectivity index (χ0) is 17.1. The Hall–Kier alpha value is -1.77. The number of carbonyl (C=O) groups excluding carboxylic acids is 1. The Kier molecular flexibility index (Phi) is 5.27. The van der Waals surface area contributed by atoms with E-state index in [1.54, 1.807) is 30.3 Å². The molecule has 0 saturated carbocycles. The van der Waals surface area contributed by atoms with Crippen molar-refractivity contribution in [3.05, 3.63) is 34.0 Å². The van der Waals surface area contributed by atoms with Crippen LogP contribution in [-0.4, -0.2) is 63.8 Å². The van der Waals surface area contributed by atoms with Crippen molar-refractivity contribution in [3.8, 4) is 0 Å². The van der Waals surface area contributed by atoms with Crippen LogP contribution in [0, 0.1) is 6.92 Å². The number of amides is 1. The number of rotatable bonds is 5. The molecule has 0 saturated heterocycles. The fraction of sp³-hybridized carbons (Fsp3) is 0.562. The summed E-state index contributed by atoms with van der Waals surface area (Å²) in [5.74, 6) is -0.0233. The number of likely N-dealkylation sites (N-methyl/N-ethyl adjacent to an activating group) is 1. The lowest BCUT2D eigenvalue weighted by molar-refractivity contribution is -0.136. The van der Waals surface area contributed by atoms with Crippen molar-refractivity contribution < 1.29 is 9.53 Å². The molecule has 0 radical (unpaired) electrons. The Morgan fingerprint density at radius 2 is 2.29 bits per heavy atom. The Morgan fingerprint density at radius 1 is 1.46 bits per heavy atom. The molecule has 1 aliphatic rings. The van der Waals surface area contributed by atoms with E-state index in [-0.39, 0.29) is 18.6 Å². The first kappa shape index (κ1) is 17.1. The molecule has 24 heavy (non-hydrogen) atoms. The number of aryl methyl sites for hydroxylation is 1. The molecular weight excluding hydrogens is 326 g/mol. The first-order chi connectivity index (χ1) is 11.5. The summed E-state index contributed by atoms with van der Waals surface area (Å²) in [4.78, 5) is 21.3. The maximum Gasteiger partial charge on any atom is 0.248 e. The van der Waals surface area contributed by atoms with Gasteiger partial charge < -0.3 is 9.64 Å². The predicted octanol–water partition coefficient (Wildman–Crippen LogP) is 1.14. The van der Waals surface area contributed by atoms with E-state index in [1.165, 1.54) is 10.6 Å². The molecule has 1 atom stereocenters. The van der Waals surface area contributed by atoms with Gasteiger partial charge in [0.25, 0.3) is 0 Å². The number of carbonyl (C=O) groups is 1. The van der Waals surface area contributed by atoms with Gasteiger partial charge in [-0.15, -0.1) is 11.3 Å². The van der Waals surface area contributed by atoms with Crippen LogP contribution in [0.4, 0.5) is 0 Å². The molecule has 0 aliphatic carbocycles. The molecule has 1 aliphatic heterocycles. The number of fused-ring (bicyclic) bond motifs is 1. The predicted molar refractivity (Wildman–Crippen MR) is 91.6 cm³/mol. The largest absolute Gasteiger partial charge is 0.365 e. The lowest BCUT2D eigenvalue weighted by Crippen LogP contribution is -2.36. The van der Waals surface area contributed by atoms with Gasteiger partial charge >= 0.3 is 0 Å². The zero-order valence-electron chi connectivity index (χ0n) is 14.3. The van der Waals surface area contributed by atoms with Gasteiger partial charge in [0, 0.05) is 44.8 Å². The first-order valence-electron chi connectivity index (χ1n) is 7.96. The van der Waals surface area contributed by atoms with Gasteiger partial charge in [-0.25, -0.2) is 4.98 Å². The third kappa shape index (κ3) is 4.00. The van der Waals surface area contributed by atoms with E-state index >= 15 is 0 Å². The van der Waals surface area contributed by atoms with Gasteiger partial charge in [-0.1, -0.05) is 0 Å². The molecule has 2 aromatic rings. The molecule has 7 nitrogen and oxygen atoms in total. The normalized spacial score (nSPS) is 18.2. The number of aromatic nitrogens is 3. The Labute approximate surface area is 145 Å². The summed E-state index contributed by atoms with van der Waals surface area (Å²) in [5.41, 5.74) is 4.14. The maximum atomic E-state index is 11.8. The van der Waals surface area contributed by atoms with Crippen LogP contribution >= 0.6 is 11.3 Å². The van der Waals surface area contributed by atoms with Crippen molar-refractivity contribution in [3.63, 3.8) is 0 Å². The fourth-order valence-electron chi connectivity index (χ4n) is 2.72. The van der Waals surface area contributed by atoms with Gasteiger partial charge in [-0.2, -0.15) is 5.10 Å². The van der Waals surface area contributed by atoms with E-state index in [4.69, 9.17) is 4.74 Å². The number of hydrogen-bond acceptors (Lipinski definition) is 6. The molecule has 2 aromatic heterocycles. The number of thiazole rings is 1. The highest BCUT2D eigenvalue weighted by Gasteiger charge is 2.24. The van der Waals surface area contributed by atoms with E-state index in [9.17, 15) is 4.79 Å². The van der Waals surface area contributed by atoms with E-state index in [0.717, 1.165) is 25.3 Å². The van der Waals surface area contributed by atoms with E-state index in [0.29, 0.717) is 6.54 Å². The standard InChI is InChI=1S/C16H23N5O2S/c1-12-15(24-11-17-12)9-20-6-13-4-5-18-21(13)8-14(7-20)23-10-16(22)19(2)3/h4-5,11,14H,6-10H2,1-3H3/t14-/m1/s1. The second-order valence-electron chi connectivity index (χ2n) is 6.26. The molecule has 0 spiro atoms. The number of nitrogens with zero attached hydrogens (tertiary/aromatic N) is 5. The molecule has 1 amide bonds. The minimum Gasteiger partial charge on any atom is -0.365 e. The highest BCUT2D eigenvalue weighted by Crippen LogP contribution is 2.20. The molecule has 0 fully saturated rings. The number of ether oxygens (including phenoxy) is 1. The van der Waals surface area contributed by atoms with E-state index in [2.05, 4.69) is 15.0 Å². The topological polar surface area (TPSA) is 63.5 Å². The molecule has 3 rings (SSSR count). The van der Waals surface area contributed by atoms with Crippen LogP contribution in [-0.2, 0) is 29.2 Å². The summed E-state index contributed by atoms with van der Waals surface area (Å²) in [6.07, 6.45) is 1.75. The second-order valence-corrected chi connectivity index (χ2v) is 7.20. The summed E-state index contributed by atoms with van der Waals surface area (Å²) < 4.78 is 7.86. The van der Waals surface area contributed by atoms with Crippen LogP contribution in [0.2, 0.25) is 0 Å². The van der Waals surface area contributed by atoms with Crippen LogP contribution in [0.3, 0.4) is 0 Å². The van der Waals surface area contributed by atoms with Crippen LogP contribution in [0.1, 0.15) is 16.3 Å². The average Bonchev–Trinajstić information content (AvgIpc) is 3.10. The lowest BCUT2D eigenvalue weighted by atomic mass is 10.3. The van der Waals surface area contributed by atoms with Crippen LogP contribution in [0.25, 0.3) is 0 Å². The Bertz CT molecular complexity index is 696. The highest BCUT2D eigenvalue weighted by atomic mass is 32.1. The molecule has 3 heterocycles. The molecule has 8 heteroatoms. The Morgan fingerprint density at radius 3 is 3.00 bits per heavy atom. The van der Waals surface area contributed by atoms with Gasteiger partial charge in [0.05, 0.1) is 29.5 Å². The van der Waals surface area contributed by atoms with Gasteiger partial charge in [-0.3, -0.25) is 14.4 Å². The Balaban J connectivity index is 1.70. The summed E-state index contributed by atoms with van der Waals surface area (Å²) in [6.45, 7) is 5.23. The van der Waals surface area contributed by atoms with Crippen molar-refractivity contribution in [1.29, 1.82) is 0 Å². The van der Waals surface area contributed by atoms with Gasteiger partial charge in [-0.05, 0) is 13.0 Å². The molecular formula is C16H23N5O2S. The zero-order valence-corrected chi connectivity index (χ0v) is 15.1. The summed E-state index contributed by atoms with van der Waals surface area (Å²) in [6, 6.07) is 2.04. The smallest absolute Gasteiger partial charge is 0.248 e. The van der Waals surface area contributed by atoms with Crippen molar-refractivity contribution in [2.75, 3.05) is 27.2 Å². The minimum absolute atomic E-state index is 0.0233. The quantitative estimate of drug-likeness (QED) is 0.810. The van der Waals surface area contributed by atoms with E-state index < -0.39 is 0 Å². The monoisotopic (exact) mass is 349 g/mol. The summed E-state index contributed by atoms with van der Waals surface area (Å²) >= 11 is 1.68. The lowest BCUT2D eigenvalue weighted by Gasteiger charge is -2.24. The number of hydrogen-bond donors (Lipinski definition) is 0. The molecule has 0 unspecified atom stereocenters. The van der Waals surface area contributed by atoms with Gasteiger partial charge in [0.2, 0.25) is 5.91 Å². The van der Waals surface area contributed by atoms with E-state index in [1.807, 2.05) is 29.4 Å². The average molecular weight is 349 g/mol. The van der Waals surface area contributed by atoms with Crippen molar-refractivity contribution >= 4 is 17.2 Å². The van der Waals surface area contributed by atoms with Crippen molar-refractivity contribution in [2.24, 2.45) is 0 Å². The third-order valence-corrected chi connectivity index (χ3v) is 5.10. The summed E-state index contributed by atoms with van der Waals surface area (Å²) in [5, 5.41) is 4.38. The first-order valence-corrected chi connectivity index (χ1v) is 8.84. The maximum absolute atomic E-state index is 11.8. The summed E-state index contributed by atoms with van der Waals surface area (Å²) in [7, 11) is 3.48.